The van der Waals surface area contributed by atoms with Crippen molar-refractivity contribution in [3.63, 3.8) is 0 Å². The maximum Gasteiger partial charge on any atom is 0.267 e. The van der Waals surface area contributed by atoms with Crippen LogP contribution < -0.4 is 10.2 Å². The molecule has 6 nitrogen and oxygen atoms in total. The molecule has 1 aliphatic heterocycles. The first-order chi connectivity index (χ1) is 13.0. The number of carbonyl (C=O) groups excluding carboxylic acids is 2. The van der Waals surface area contributed by atoms with Crippen LogP contribution in [-0.4, -0.2) is 28.6 Å². The standard InChI is InChI=1S/C19H18N4O2S2/c1-11-6-12(2)8-14(7-11)23-10-13(9-16(23)24)18-21-22-19(27-18)20-17(25)15-4-3-5-26-15/h3-8,13H,9-10H2,1-2H3,(H,20,22,25)/t13-/m1/s1. The lowest BCUT2D eigenvalue weighted by Gasteiger charge is -2.17. The molecule has 27 heavy (non-hydrogen) atoms. The van der Waals surface area contributed by atoms with Crippen molar-refractivity contribution in [2.75, 3.05) is 16.8 Å². The van der Waals surface area contributed by atoms with Crippen LogP contribution in [0.2, 0.25) is 0 Å². The van der Waals surface area contributed by atoms with Gasteiger partial charge < -0.3 is 4.90 Å². The normalized spacial score (nSPS) is 16.7. The molecule has 8 heteroatoms. The Bertz CT molecular complexity index is 977. The topological polar surface area (TPSA) is 75.2 Å². The monoisotopic (exact) mass is 398 g/mol. The molecule has 1 aromatic carbocycles. The molecule has 1 aliphatic rings. The van der Waals surface area contributed by atoms with Crippen LogP contribution >= 0.6 is 22.7 Å². The summed E-state index contributed by atoms with van der Waals surface area (Å²) in [7, 11) is 0. The number of rotatable bonds is 4. The van der Waals surface area contributed by atoms with Crippen LogP contribution in [0.1, 0.15) is 38.1 Å². The van der Waals surface area contributed by atoms with Crippen LogP contribution in [0.4, 0.5) is 10.8 Å². The van der Waals surface area contributed by atoms with E-state index in [1.54, 1.807) is 6.07 Å². The highest BCUT2D eigenvalue weighted by Gasteiger charge is 2.34. The van der Waals surface area contributed by atoms with Crippen LogP contribution in [0.25, 0.3) is 0 Å². The molecule has 0 saturated carbocycles. The average molecular weight is 399 g/mol. The van der Waals surface area contributed by atoms with Gasteiger partial charge in [0.1, 0.15) is 5.01 Å². The van der Waals surface area contributed by atoms with Crippen molar-refractivity contribution in [3.05, 3.63) is 56.7 Å². The summed E-state index contributed by atoms with van der Waals surface area (Å²) < 4.78 is 0. The van der Waals surface area contributed by atoms with E-state index in [4.69, 9.17) is 0 Å². The van der Waals surface area contributed by atoms with Gasteiger partial charge in [0.05, 0.1) is 4.88 Å². The highest BCUT2D eigenvalue weighted by molar-refractivity contribution is 7.15. The lowest BCUT2D eigenvalue weighted by atomic mass is 10.1. The van der Waals surface area contributed by atoms with E-state index in [1.165, 1.54) is 22.7 Å². The quantitative estimate of drug-likeness (QED) is 0.721. The molecule has 3 aromatic rings. The van der Waals surface area contributed by atoms with Gasteiger partial charge in [-0.25, -0.2) is 0 Å². The summed E-state index contributed by atoms with van der Waals surface area (Å²) in [6.45, 7) is 4.64. The third kappa shape index (κ3) is 3.77. The van der Waals surface area contributed by atoms with Gasteiger partial charge in [-0.1, -0.05) is 23.5 Å². The maximum atomic E-state index is 12.5. The first kappa shape index (κ1) is 17.8. The number of nitrogens with zero attached hydrogens (tertiary/aromatic N) is 3. The van der Waals surface area contributed by atoms with Gasteiger partial charge in [-0.2, -0.15) is 0 Å². The fraction of sp³-hybridized carbons (Fsp3) is 0.263. The van der Waals surface area contributed by atoms with E-state index in [9.17, 15) is 9.59 Å². The molecule has 1 saturated heterocycles. The zero-order valence-corrected chi connectivity index (χ0v) is 16.6. The van der Waals surface area contributed by atoms with Crippen molar-refractivity contribution < 1.29 is 9.59 Å². The minimum absolute atomic E-state index is 0.0109. The molecule has 0 radical (unpaired) electrons. The van der Waals surface area contributed by atoms with Crippen LogP contribution in [0.15, 0.2) is 35.7 Å². The fourth-order valence-electron chi connectivity index (χ4n) is 3.25. The SMILES string of the molecule is Cc1cc(C)cc(N2C[C@H](c3nnc(NC(=O)c4cccs4)s3)CC2=O)c1. The number of anilines is 2. The molecular formula is C19H18N4O2S2. The molecule has 1 N–H and O–H groups in total. The van der Waals surface area contributed by atoms with Crippen LogP contribution in [0.3, 0.4) is 0 Å². The Hall–Kier alpha value is -2.58. The maximum absolute atomic E-state index is 12.5. The predicted octanol–water partition coefficient (Wildman–Crippen LogP) is 3.99. The molecule has 138 valence electrons. The van der Waals surface area contributed by atoms with Gasteiger partial charge in [0.25, 0.3) is 5.91 Å². The largest absolute Gasteiger partial charge is 0.312 e. The van der Waals surface area contributed by atoms with Gasteiger partial charge in [-0.3, -0.25) is 14.9 Å². The summed E-state index contributed by atoms with van der Waals surface area (Å²) in [4.78, 5) is 27.1. The molecule has 0 unspecified atom stereocenters. The number of aryl methyl sites for hydroxylation is 2. The second kappa shape index (κ2) is 7.21. The van der Waals surface area contributed by atoms with Gasteiger partial charge >= 0.3 is 0 Å². The molecule has 1 fully saturated rings. The zero-order valence-electron chi connectivity index (χ0n) is 14.9. The molecule has 0 bridgehead atoms. The Morgan fingerprint density at radius 2 is 2.00 bits per heavy atom. The highest BCUT2D eigenvalue weighted by atomic mass is 32.1. The Morgan fingerprint density at radius 1 is 1.22 bits per heavy atom. The Kier molecular flexibility index (Phi) is 4.75. The van der Waals surface area contributed by atoms with Crippen LogP contribution in [0, 0.1) is 13.8 Å². The predicted molar refractivity (Wildman–Crippen MR) is 108 cm³/mol. The number of benzene rings is 1. The van der Waals surface area contributed by atoms with E-state index < -0.39 is 0 Å². The number of aromatic nitrogens is 2. The van der Waals surface area contributed by atoms with Crippen LogP contribution in [0.5, 0.6) is 0 Å². The third-order valence-corrected chi connectivity index (χ3v) is 6.27. The molecule has 4 rings (SSSR count). The lowest BCUT2D eigenvalue weighted by molar-refractivity contribution is -0.117. The highest BCUT2D eigenvalue weighted by Crippen LogP contribution is 2.35. The van der Waals surface area contributed by atoms with Gasteiger partial charge in [0.2, 0.25) is 11.0 Å². The fourth-order valence-corrected chi connectivity index (χ4v) is 4.69. The summed E-state index contributed by atoms with van der Waals surface area (Å²) in [6.07, 6.45) is 0.403. The lowest BCUT2D eigenvalue weighted by Crippen LogP contribution is -2.24. The van der Waals surface area contributed by atoms with E-state index in [1.807, 2.05) is 42.3 Å². The summed E-state index contributed by atoms with van der Waals surface area (Å²) in [5.74, 6) is -0.111. The average Bonchev–Trinajstić information content (AvgIpc) is 3.34. The number of thiophene rings is 1. The zero-order chi connectivity index (χ0) is 19.0. The van der Waals surface area contributed by atoms with E-state index >= 15 is 0 Å². The minimum atomic E-state index is -0.188. The number of amides is 2. The van der Waals surface area contributed by atoms with Crippen molar-refractivity contribution in [3.8, 4) is 0 Å². The molecule has 2 aromatic heterocycles. The molecule has 3 heterocycles. The molecule has 0 spiro atoms. The molecule has 1 atom stereocenters. The van der Waals surface area contributed by atoms with Gasteiger partial charge in [0.15, 0.2) is 0 Å². The number of hydrogen-bond donors (Lipinski definition) is 1. The first-order valence-corrected chi connectivity index (χ1v) is 10.3. The summed E-state index contributed by atoms with van der Waals surface area (Å²) >= 11 is 2.71. The van der Waals surface area contributed by atoms with Crippen molar-refractivity contribution in [2.45, 2.75) is 26.2 Å². The third-order valence-electron chi connectivity index (χ3n) is 4.40. The van der Waals surface area contributed by atoms with Crippen LogP contribution in [-0.2, 0) is 4.79 Å². The van der Waals surface area contributed by atoms with E-state index in [-0.39, 0.29) is 17.7 Å². The van der Waals surface area contributed by atoms with Crippen molar-refractivity contribution >= 4 is 45.3 Å². The smallest absolute Gasteiger partial charge is 0.267 e. The second-order valence-electron chi connectivity index (χ2n) is 6.63. The van der Waals surface area contributed by atoms with Crippen molar-refractivity contribution in [2.24, 2.45) is 0 Å². The van der Waals surface area contributed by atoms with E-state index in [0.717, 1.165) is 21.8 Å². The Labute approximate surface area is 164 Å². The first-order valence-electron chi connectivity index (χ1n) is 8.56. The summed E-state index contributed by atoms with van der Waals surface area (Å²) in [6, 6.07) is 9.74. The van der Waals surface area contributed by atoms with E-state index in [0.29, 0.717) is 23.0 Å². The summed E-state index contributed by atoms with van der Waals surface area (Å²) in [5, 5.41) is 14.1. The molecule has 2 amide bonds. The van der Waals surface area contributed by atoms with Gasteiger partial charge in [-0.05, 0) is 48.6 Å². The summed E-state index contributed by atoms with van der Waals surface area (Å²) in [5.41, 5.74) is 3.20. The minimum Gasteiger partial charge on any atom is -0.312 e. The van der Waals surface area contributed by atoms with Crippen molar-refractivity contribution in [1.29, 1.82) is 0 Å². The Balaban J connectivity index is 1.48. The van der Waals surface area contributed by atoms with Gasteiger partial charge in [0, 0.05) is 24.6 Å². The van der Waals surface area contributed by atoms with E-state index in [2.05, 4.69) is 21.6 Å². The van der Waals surface area contributed by atoms with Gasteiger partial charge in [-0.15, -0.1) is 21.5 Å². The number of hydrogen-bond acceptors (Lipinski definition) is 6. The number of nitrogens with one attached hydrogen (secondary N) is 1. The Morgan fingerprint density at radius 3 is 2.70 bits per heavy atom. The molecular weight excluding hydrogens is 380 g/mol. The molecule has 0 aliphatic carbocycles. The second-order valence-corrected chi connectivity index (χ2v) is 8.58. The van der Waals surface area contributed by atoms with Crippen molar-refractivity contribution in [1.82, 2.24) is 10.2 Å². The number of carbonyl (C=O) groups is 2.